The zero-order chi connectivity index (χ0) is 35.1. The fourth-order valence-corrected chi connectivity index (χ4v) is 1.82. The van der Waals surface area contributed by atoms with E-state index in [2.05, 4.69) is 44.4 Å². The fraction of sp³-hybridized carbons (Fsp3) is 0.533. The molecule has 0 aliphatic heterocycles. The number of hydrogen-bond acceptors (Lipinski definition) is 10. The molecule has 0 radical (unpaired) electrons. The summed E-state index contributed by atoms with van der Waals surface area (Å²) < 4.78 is 38.5. The van der Waals surface area contributed by atoms with Gasteiger partial charge in [-0.25, -0.2) is 36.8 Å². The van der Waals surface area contributed by atoms with Gasteiger partial charge in [-0.05, 0) is 52.7 Å². The highest BCUT2D eigenvalue weighted by Gasteiger charge is 2.11. The summed E-state index contributed by atoms with van der Waals surface area (Å²) in [5.41, 5.74) is -0.112. The van der Waals surface area contributed by atoms with Crippen LogP contribution in [0, 0.1) is 5.92 Å². The van der Waals surface area contributed by atoms with Crippen molar-refractivity contribution < 1.29 is 26.4 Å². The highest BCUT2D eigenvalue weighted by atomic mass is 32.2. The standard InChI is InChI=1S/2C9H17NO.2C4H4N2.2C2H6O2S/c1-5-6-7-8(11)10-9(2,3)4;1-4-5-6-9(11)10-7-8(2)3;2*1-2-5-4-6-3-1;2*1-5(2,3)4/h5-6H,7H2,1-4H3,(H,10,11);4-5,8H,6-7H2,1-3H3,(H,10,11);2*1-4H;2*1-2H3/b6-5+;5-4+;;;;. The lowest BCUT2D eigenvalue weighted by molar-refractivity contribution is -0.122. The van der Waals surface area contributed by atoms with Crippen LogP contribution in [-0.2, 0) is 29.3 Å². The Balaban J connectivity index is -0.000000225. The van der Waals surface area contributed by atoms with Crippen LogP contribution < -0.4 is 10.6 Å². The summed E-state index contributed by atoms with van der Waals surface area (Å²) in [5, 5.41) is 5.69. The first-order valence-corrected chi connectivity index (χ1v) is 18.2. The minimum atomic E-state index is -2.67. The van der Waals surface area contributed by atoms with Crippen molar-refractivity contribution in [3.8, 4) is 0 Å². The molecule has 2 aromatic rings. The minimum absolute atomic E-state index is 0.0793. The molecule has 0 bridgehead atoms. The average molecular weight is 659 g/mol. The van der Waals surface area contributed by atoms with Gasteiger partial charge in [0.25, 0.3) is 0 Å². The number of sulfone groups is 2. The van der Waals surface area contributed by atoms with Crippen molar-refractivity contribution in [3.05, 3.63) is 73.9 Å². The van der Waals surface area contributed by atoms with Crippen molar-refractivity contribution >= 4 is 31.5 Å². The number of hydrogen-bond donors (Lipinski definition) is 2. The second-order valence-electron chi connectivity index (χ2n) is 10.6. The normalized spacial score (nSPS) is 10.5. The van der Waals surface area contributed by atoms with Crippen molar-refractivity contribution in [2.45, 2.75) is 66.8 Å². The summed E-state index contributed by atoms with van der Waals surface area (Å²) >= 11 is 0. The topological polar surface area (TPSA) is 178 Å². The van der Waals surface area contributed by atoms with Crippen LogP contribution in [0.4, 0.5) is 0 Å². The summed E-state index contributed by atoms with van der Waals surface area (Å²) in [5.74, 6) is 0.719. The van der Waals surface area contributed by atoms with Crippen LogP contribution in [0.25, 0.3) is 0 Å². The van der Waals surface area contributed by atoms with Gasteiger partial charge in [0, 0.05) is 74.7 Å². The van der Waals surface area contributed by atoms with E-state index in [9.17, 15) is 26.4 Å². The Morgan fingerprint density at radius 1 is 0.705 bits per heavy atom. The third kappa shape index (κ3) is 77.1. The van der Waals surface area contributed by atoms with Gasteiger partial charge in [0.05, 0.1) is 0 Å². The third-order valence-corrected chi connectivity index (χ3v) is 3.25. The summed E-state index contributed by atoms with van der Waals surface area (Å²) in [7, 11) is -5.33. The number of rotatable bonds is 6. The van der Waals surface area contributed by atoms with Crippen molar-refractivity contribution in [3.63, 3.8) is 0 Å². The van der Waals surface area contributed by atoms with Crippen molar-refractivity contribution in [2.75, 3.05) is 31.6 Å². The average Bonchev–Trinajstić information content (AvgIpc) is 2.90. The van der Waals surface area contributed by atoms with E-state index < -0.39 is 19.7 Å². The van der Waals surface area contributed by atoms with E-state index >= 15 is 0 Å². The molecule has 0 unspecified atom stereocenters. The van der Waals surface area contributed by atoms with Crippen LogP contribution in [0.2, 0.25) is 0 Å². The van der Waals surface area contributed by atoms with Gasteiger partial charge in [-0.15, -0.1) is 0 Å². The second-order valence-corrected chi connectivity index (χ2v) is 15.2. The van der Waals surface area contributed by atoms with Crippen LogP contribution >= 0.6 is 0 Å². The Morgan fingerprint density at radius 2 is 1.02 bits per heavy atom. The van der Waals surface area contributed by atoms with Crippen molar-refractivity contribution in [1.82, 2.24) is 30.6 Å². The molecule has 44 heavy (non-hydrogen) atoms. The zero-order valence-electron chi connectivity index (χ0n) is 28.2. The van der Waals surface area contributed by atoms with Gasteiger partial charge >= 0.3 is 0 Å². The summed E-state index contributed by atoms with van der Waals surface area (Å²) in [4.78, 5) is 36.7. The molecule has 2 N–H and O–H groups in total. The quantitative estimate of drug-likeness (QED) is 0.433. The van der Waals surface area contributed by atoms with Crippen LogP contribution in [0.3, 0.4) is 0 Å². The van der Waals surface area contributed by atoms with Gasteiger partial charge in [0.15, 0.2) is 0 Å². The number of aromatic nitrogens is 4. The fourth-order valence-electron chi connectivity index (χ4n) is 1.82. The van der Waals surface area contributed by atoms with Gasteiger partial charge in [-0.3, -0.25) is 9.59 Å². The Bertz CT molecular complexity index is 1080. The molecule has 0 spiro atoms. The van der Waals surface area contributed by atoms with Crippen LogP contribution in [0.1, 0.15) is 61.3 Å². The summed E-state index contributed by atoms with van der Waals surface area (Å²) in [6.07, 6.45) is 22.8. The van der Waals surface area contributed by atoms with E-state index in [1.54, 1.807) is 36.9 Å². The highest BCUT2D eigenvalue weighted by Crippen LogP contribution is 1.99. The van der Waals surface area contributed by atoms with E-state index in [-0.39, 0.29) is 17.4 Å². The highest BCUT2D eigenvalue weighted by molar-refractivity contribution is 7.90. The first-order valence-electron chi connectivity index (χ1n) is 13.6. The molecule has 0 saturated carbocycles. The molecule has 2 aromatic heterocycles. The molecular formula is C30H54N6O6S2. The number of amides is 2. The minimum Gasteiger partial charge on any atom is -0.356 e. The monoisotopic (exact) mass is 658 g/mol. The molecule has 0 aromatic carbocycles. The van der Waals surface area contributed by atoms with Gasteiger partial charge in [-0.2, -0.15) is 0 Å². The van der Waals surface area contributed by atoms with Crippen molar-refractivity contribution in [1.29, 1.82) is 0 Å². The first-order chi connectivity index (χ1) is 20.1. The molecule has 0 atom stereocenters. The maximum absolute atomic E-state index is 11.1. The van der Waals surface area contributed by atoms with E-state index in [1.165, 1.54) is 12.7 Å². The van der Waals surface area contributed by atoms with Gasteiger partial charge in [-0.1, -0.05) is 38.2 Å². The molecule has 2 rings (SSSR count). The third-order valence-electron chi connectivity index (χ3n) is 3.25. The Labute approximate surface area is 266 Å². The second kappa shape index (κ2) is 29.5. The molecule has 0 aliphatic rings. The van der Waals surface area contributed by atoms with Gasteiger partial charge < -0.3 is 10.6 Å². The molecule has 0 aliphatic carbocycles. The molecule has 14 heteroatoms. The predicted molar refractivity (Wildman–Crippen MR) is 180 cm³/mol. The largest absolute Gasteiger partial charge is 0.356 e. The van der Waals surface area contributed by atoms with Crippen molar-refractivity contribution in [2.24, 2.45) is 5.92 Å². The molecule has 0 saturated heterocycles. The number of nitrogens with one attached hydrogen (secondary N) is 2. The molecule has 252 valence electrons. The number of carbonyl (C=O) groups excluding carboxylic acids is 2. The molecule has 2 heterocycles. The molecule has 0 fully saturated rings. The van der Waals surface area contributed by atoms with Crippen LogP contribution in [0.5, 0.6) is 0 Å². The Morgan fingerprint density at radius 3 is 1.23 bits per heavy atom. The van der Waals surface area contributed by atoms with Crippen LogP contribution in [-0.4, -0.2) is 85.7 Å². The molecule has 2 amide bonds. The molecule has 12 nitrogen and oxygen atoms in total. The zero-order valence-corrected chi connectivity index (χ0v) is 29.8. The summed E-state index contributed by atoms with van der Waals surface area (Å²) in [6, 6.07) is 3.56. The lowest BCUT2D eigenvalue weighted by atomic mass is 10.1. The van der Waals surface area contributed by atoms with E-state index in [0.29, 0.717) is 18.8 Å². The van der Waals surface area contributed by atoms with Crippen LogP contribution in [0.15, 0.2) is 73.9 Å². The lowest BCUT2D eigenvalue weighted by Gasteiger charge is -2.19. The van der Waals surface area contributed by atoms with Gasteiger partial charge in [0.2, 0.25) is 11.8 Å². The number of nitrogens with zero attached hydrogens (tertiary/aromatic N) is 4. The number of carbonyl (C=O) groups is 2. The number of allylic oxidation sites excluding steroid dienone is 2. The predicted octanol–water partition coefficient (Wildman–Crippen LogP) is 3.87. The SMILES string of the molecule is C/C=C/CC(=O)NC(C)(C)C.C/C=C/CC(=O)NCC(C)C.CS(C)(=O)=O.CS(C)(=O)=O.c1cncnc1.c1cncnc1. The van der Waals surface area contributed by atoms with E-state index in [1.807, 2.05) is 58.9 Å². The van der Waals surface area contributed by atoms with E-state index in [0.717, 1.165) is 31.6 Å². The maximum Gasteiger partial charge on any atom is 0.224 e. The maximum atomic E-state index is 11.1. The Hall–Kier alpha value is -3.52. The molecular weight excluding hydrogens is 604 g/mol. The smallest absolute Gasteiger partial charge is 0.224 e. The Kier molecular flexibility index (Phi) is 31.8. The van der Waals surface area contributed by atoms with Gasteiger partial charge in [0.1, 0.15) is 32.3 Å². The summed E-state index contributed by atoms with van der Waals surface area (Å²) in [6.45, 7) is 14.7. The van der Waals surface area contributed by atoms with E-state index in [4.69, 9.17) is 0 Å². The lowest BCUT2D eigenvalue weighted by Crippen LogP contribution is -2.40. The first kappa shape index (κ1) is 47.4.